The van der Waals surface area contributed by atoms with Crippen LogP contribution in [0.15, 0.2) is 0 Å². The Morgan fingerprint density at radius 1 is 0.929 bits per heavy atom. The van der Waals surface area contributed by atoms with E-state index in [-0.39, 0.29) is 31.0 Å². The first-order chi connectivity index (χ1) is 6.60. The van der Waals surface area contributed by atoms with Gasteiger partial charge in [0.25, 0.3) is 0 Å². The molecule has 0 fully saturated rings. The number of hydrogen-bond acceptors (Lipinski definition) is 5. The van der Waals surface area contributed by atoms with Crippen LogP contribution in [0.1, 0.15) is 25.7 Å². The summed E-state index contributed by atoms with van der Waals surface area (Å²) in [6.07, 6.45) is 0.577. The maximum Gasteiger partial charge on any atom is 0.313 e. The van der Waals surface area contributed by atoms with Crippen LogP contribution in [-0.4, -0.2) is 31.9 Å². The maximum atomic E-state index is 11.0. The van der Waals surface area contributed by atoms with Crippen molar-refractivity contribution in [1.82, 2.24) is 0 Å². The molecule has 0 rings (SSSR count). The van der Waals surface area contributed by atoms with Gasteiger partial charge in [-0.1, -0.05) is 0 Å². The van der Waals surface area contributed by atoms with E-state index in [4.69, 9.17) is 0 Å². The van der Waals surface area contributed by atoms with Gasteiger partial charge < -0.3 is 9.47 Å². The van der Waals surface area contributed by atoms with Gasteiger partial charge in [-0.05, 0) is 6.42 Å². The quantitative estimate of drug-likeness (QED) is 0.462. The van der Waals surface area contributed by atoms with Crippen molar-refractivity contribution < 1.29 is 23.9 Å². The van der Waals surface area contributed by atoms with Gasteiger partial charge in [-0.3, -0.25) is 14.4 Å². The summed E-state index contributed by atoms with van der Waals surface area (Å²) in [5, 5.41) is 0. The van der Waals surface area contributed by atoms with Crippen LogP contribution >= 0.6 is 0 Å². The lowest BCUT2D eigenvalue weighted by Crippen LogP contribution is -2.09. The van der Waals surface area contributed by atoms with Crippen molar-refractivity contribution in [1.29, 1.82) is 0 Å². The lowest BCUT2D eigenvalue weighted by Gasteiger charge is -1.99. The Balaban J connectivity index is 3.54. The van der Waals surface area contributed by atoms with Crippen LogP contribution < -0.4 is 0 Å². The first kappa shape index (κ1) is 12.6. The monoisotopic (exact) mass is 202 g/mol. The summed E-state index contributed by atoms with van der Waals surface area (Å²) in [5.74, 6) is -1.12. The second-order valence-corrected chi connectivity index (χ2v) is 2.72. The second kappa shape index (κ2) is 7.06. The van der Waals surface area contributed by atoms with Crippen molar-refractivity contribution >= 4 is 17.7 Å². The summed E-state index contributed by atoms with van der Waals surface area (Å²) in [6, 6.07) is 0. The van der Waals surface area contributed by atoms with E-state index < -0.39 is 5.97 Å². The Morgan fingerprint density at radius 3 is 2.00 bits per heavy atom. The molecule has 5 nitrogen and oxygen atoms in total. The highest BCUT2D eigenvalue weighted by molar-refractivity contribution is 5.95. The molecule has 0 aromatic rings. The second-order valence-electron chi connectivity index (χ2n) is 2.72. The van der Waals surface area contributed by atoms with Gasteiger partial charge in [0.15, 0.2) is 0 Å². The predicted molar refractivity (Wildman–Crippen MR) is 47.5 cm³/mol. The number of methoxy groups -OCH3 is 2. The van der Waals surface area contributed by atoms with Crippen molar-refractivity contribution in [3.8, 4) is 0 Å². The fourth-order valence-corrected chi connectivity index (χ4v) is 0.854. The molecule has 0 aliphatic rings. The molecule has 0 N–H and O–H groups in total. The number of carbonyl (C=O) groups excluding carboxylic acids is 3. The molecule has 0 atom stereocenters. The fraction of sp³-hybridized carbons (Fsp3) is 0.667. The molecule has 0 aliphatic heterocycles. The van der Waals surface area contributed by atoms with E-state index in [1.807, 2.05) is 0 Å². The molecular formula is C9H14O5. The van der Waals surface area contributed by atoms with Crippen molar-refractivity contribution in [2.45, 2.75) is 25.7 Å². The highest BCUT2D eigenvalue weighted by Gasteiger charge is 2.10. The molecule has 0 heterocycles. The third-order valence-corrected chi connectivity index (χ3v) is 1.63. The SMILES string of the molecule is COC(=O)CCCC(=O)CC(=O)OC. The molecule has 0 saturated heterocycles. The molecule has 0 saturated carbocycles. The predicted octanol–water partition coefficient (Wildman–Crippen LogP) is 0.462. The zero-order chi connectivity index (χ0) is 11.0. The number of carbonyl (C=O) groups is 3. The van der Waals surface area contributed by atoms with Crippen LogP contribution in [0.5, 0.6) is 0 Å². The minimum Gasteiger partial charge on any atom is -0.469 e. The summed E-state index contributed by atoms with van der Waals surface area (Å²) in [7, 11) is 2.52. The van der Waals surface area contributed by atoms with E-state index in [9.17, 15) is 14.4 Å². The fourth-order valence-electron chi connectivity index (χ4n) is 0.854. The molecule has 0 radical (unpaired) electrons. The topological polar surface area (TPSA) is 69.7 Å². The number of hydrogen-bond donors (Lipinski definition) is 0. The zero-order valence-corrected chi connectivity index (χ0v) is 8.37. The molecule has 0 aromatic heterocycles. The third kappa shape index (κ3) is 6.16. The molecule has 0 unspecified atom stereocenters. The Hall–Kier alpha value is -1.39. The smallest absolute Gasteiger partial charge is 0.313 e. The largest absolute Gasteiger partial charge is 0.469 e. The van der Waals surface area contributed by atoms with Crippen molar-refractivity contribution in [3.05, 3.63) is 0 Å². The molecule has 5 heteroatoms. The third-order valence-electron chi connectivity index (χ3n) is 1.63. The van der Waals surface area contributed by atoms with Crippen molar-refractivity contribution in [2.24, 2.45) is 0 Å². The van der Waals surface area contributed by atoms with E-state index in [0.717, 1.165) is 0 Å². The van der Waals surface area contributed by atoms with E-state index in [1.54, 1.807) is 0 Å². The number of ether oxygens (including phenoxy) is 2. The average molecular weight is 202 g/mol. The van der Waals surface area contributed by atoms with Crippen LogP contribution in [0.4, 0.5) is 0 Å². The van der Waals surface area contributed by atoms with E-state index >= 15 is 0 Å². The van der Waals surface area contributed by atoms with Gasteiger partial charge >= 0.3 is 11.9 Å². The standard InChI is InChI=1S/C9H14O5/c1-13-8(11)5-3-4-7(10)6-9(12)14-2/h3-6H2,1-2H3. The lowest BCUT2D eigenvalue weighted by atomic mass is 10.1. The van der Waals surface area contributed by atoms with Gasteiger partial charge in [0, 0.05) is 12.8 Å². The number of Topliss-reactive ketones (excluding diaryl/α,β-unsaturated/α-hetero) is 1. The summed E-state index contributed by atoms with van der Waals surface area (Å²) in [5.41, 5.74) is 0. The molecule has 0 aromatic carbocycles. The molecule has 0 bridgehead atoms. The van der Waals surface area contributed by atoms with Crippen molar-refractivity contribution in [2.75, 3.05) is 14.2 Å². The molecule has 14 heavy (non-hydrogen) atoms. The van der Waals surface area contributed by atoms with Gasteiger partial charge in [0.1, 0.15) is 12.2 Å². The normalized spacial score (nSPS) is 9.29. The molecule has 80 valence electrons. The van der Waals surface area contributed by atoms with Gasteiger partial charge in [-0.25, -0.2) is 0 Å². The zero-order valence-electron chi connectivity index (χ0n) is 8.37. The maximum absolute atomic E-state index is 11.0. The minimum atomic E-state index is -0.548. The Kier molecular flexibility index (Phi) is 6.36. The van der Waals surface area contributed by atoms with E-state index in [2.05, 4.69) is 9.47 Å². The summed E-state index contributed by atoms with van der Waals surface area (Å²) >= 11 is 0. The van der Waals surface area contributed by atoms with Crippen LogP contribution in [0, 0.1) is 0 Å². The Morgan fingerprint density at radius 2 is 1.50 bits per heavy atom. The average Bonchev–Trinajstić information content (AvgIpc) is 2.17. The number of ketones is 1. The van der Waals surface area contributed by atoms with Gasteiger partial charge in [0.05, 0.1) is 14.2 Å². The Labute approximate surface area is 82.4 Å². The number of rotatable bonds is 6. The van der Waals surface area contributed by atoms with E-state index in [0.29, 0.717) is 6.42 Å². The van der Waals surface area contributed by atoms with Crippen LogP contribution in [0.2, 0.25) is 0 Å². The van der Waals surface area contributed by atoms with Crippen LogP contribution in [0.25, 0.3) is 0 Å². The minimum absolute atomic E-state index is 0.198. The molecule has 0 spiro atoms. The Bertz CT molecular complexity index is 221. The van der Waals surface area contributed by atoms with Crippen molar-refractivity contribution in [3.63, 3.8) is 0 Å². The van der Waals surface area contributed by atoms with Crippen LogP contribution in [0.3, 0.4) is 0 Å². The molecule has 0 amide bonds. The first-order valence-corrected chi connectivity index (χ1v) is 4.25. The first-order valence-electron chi connectivity index (χ1n) is 4.25. The van der Waals surface area contributed by atoms with Gasteiger partial charge in [0.2, 0.25) is 0 Å². The van der Waals surface area contributed by atoms with E-state index in [1.165, 1.54) is 14.2 Å². The summed E-state index contributed by atoms with van der Waals surface area (Å²) < 4.78 is 8.71. The van der Waals surface area contributed by atoms with Crippen LogP contribution in [-0.2, 0) is 23.9 Å². The summed E-state index contributed by atoms with van der Waals surface area (Å²) in [4.78, 5) is 32.3. The summed E-state index contributed by atoms with van der Waals surface area (Å²) in [6.45, 7) is 0. The molecule has 0 aliphatic carbocycles. The number of esters is 2. The van der Waals surface area contributed by atoms with Gasteiger partial charge in [-0.2, -0.15) is 0 Å². The lowest BCUT2D eigenvalue weighted by molar-refractivity contribution is -0.143. The van der Waals surface area contributed by atoms with Gasteiger partial charge in [-0.15, -0.1) is 0 Å². The highest BCUT2D eigenvalue weighted by Crippen LogP contribution is 2.01. The molecular weight excluding hydrogens is 188 g/mol. The highest BCUT2D eigenvalue weighted by atomic mass is 16.5.